The smallest absolute Gasteiger partial charge is 0.404 e. The number of aromatic amines is 1. The normalized spacial score (nSPS) is 33.6. The summed E-state index contributed by atoms with van der Waals surface area (Å²) in [6.45, 7) is -1.92. The quantitative estimate of drug-likeness (QED) is 0.566. The number of nitrogens with zero attached hydrogens (tertiary/aromatic N) is 1. The van der Waals surface area contributed by atoms with Crippen molar-refractivity contribution in [1.82, 2.24) is 9.55 Å². The van der Waals surface area contributed by atoms with Crippen LogP contribution >= 0.6 is 7.82 Å². The van der Waals surface area contributed by atoms with Gasteiger partial charge in [-0.3, -0.25) is 23.4 Å². The molecule has 30 heavy (non-hydrogen) atoms. The third kappa shape index (κ3) is 3.97. The largest absolute Gasteiger partial charge is 0.530 e. The molecule has 2 aliphatic heterocycles. The van der Waals surface area contributed by atoms with Crippen LogP contribution in [0.15, 0.2) is 40.1 Å². The Balaban J connectivity index is 1.53. The summed E-state index contributed by atoms with van der Waals surface area (Å²) in [7, 11) is -4.22. The highest BCUT2D eigenvalue weighted by Crippen LogP contribution is 2.55. The molecule has 0 saturated carbocycles. The Labute approximate surface area is 169 Å². The van der Waals surface area contributed by atoms with Crippen LogP contribution in [0.4, 0.5) is 4.39 Å². The van der Waals surface area contributed by atoms with Gasteiger partial charge in [-0.2, -0.15) is 0 Å². The minimum absolute atomic E-state index is 0.102. The number of aliphatic hydroxyl groups excluding tert-OH is 2. The van der Waals surface area contributed by atoms with E-state index in [1.54, 1.807) is 18.2 Å². The summed E-state index contributed by atoms with van der Waals surface area (Å²) in [6.07, 6.45) is -4.62. The Bertz CT molecular complexity index is 1170. The molecular weight excluding hydrogens is 426 g/mol. The number of nitrogens with one attached hydrogen (secondary N) is 1. The van der Waals surface area contributed by atoms with Gasteiger partial charge in [0.15, 0.2) is 6.20 Å². The fraction of sp³-hybridized carbons (Fsp3) is 0.412. The number of phosphoric ester groups is 1. The lowest BCUT2D eigenvalue weighted by Crippen LogP contribution is -2.37. The molecule has 0 bridgehead atoms. The van der Waals surface area contributed by atoms with Crippen LogP contribution in [0.2, 0.25) is 0 Å². The van der Waals surface area contributed by atoms with Gasteiger partial charge >= 0.3 is 13.5 Å². The summed E-state index contributed by atoms with van der Waals surface area (Å²) in [5.41, 5.74) is -1.76. The van der Waals surface area contributed by atoms with Crippen molar-refractivity contribution in [3.8, 4) is 5.75 Å². The number of rotatable bonds is 5. The molecule has 4 atom stereocenters. The third-order valence-electron chi connectivity index (χ3n) is 4.49. The lowest BCUT2D eigenvalue weighted by atomic mass is 10.2. The zero-order valence-electron chi connectivity index (χ0n) is 16.3. The van der Waals surface area contributed by atoms with Gasteiger partial charge in [0, 0.05) is 18.2 Å². The number of alkyl halides is 1. The van der Waals surface area contributed by atoms with Crippen molar-refractivity contribution in [2.45, 2.75) is 37.8 Å². The number of ether oxygens (including phenoxy) is 1. The summed E-state index contributed by atoms with van der Waals surface area (Å²) in [5, 5.41) is 19.5. The lowest BCUT2D eigenvalue weighted by molar-refractivity contribution is -0.179. The first-order valence-corrected chi connectivity index (χ1v) is 10.2. The molecule has 1 unspecified atom stereocenters. The van der Waals surface area contributed by atoms with Crippen molar-refractivity contribution in [2.75, 3.05) is 6.61 Å². The van der Waals surface area contributed by atoms with Crippen LogP contribution in [0.25, 0.3) is 0 Å². The first kappa shape index (κ1) is 19.6. The fourth-order valence-electron chi connectivity index (χ4n) is 3.00. The van der Waals surface area contributed by atoms with E-state index in [1.807, 2.05) is 4.98 Å². The predicted molar refractivity (Wildman–Crippen MR) is 97.2 cm³/mol. The molecule has 4 rings (SSSR count). The second-order valence-electron chi connectivity index (χ2n) is 6.68. The molecule has 162 valence electrons. The van der Waals surface area contributed by atoms with Gasteiger partial charge in [0.2, 0.25) is 5.85 Å². The van der Waals surface area contributed by atoms with Crippen LogP contribution in [-0.4, -0.2) is 38.3 Å². The van der Waals surface area contributed by atoms with Crippen molar-refractivity contribution in [2.24, 2.45) is 0 Å². The van der Waals surface area contributed by atoms with Crippen molar-refractivity contribution >= 4 is 7.82 Å². The molecular formula is C17H18FN2O9P. The van der Waals surface area contributed by atoms with Crippen LogP contribution in [-0.2, 0) is 31.6 Å². The number of H-pyrrole nitrogens is 1. The Morgan fingerprint density at radius 2 is 2.20 bits per heavy atom. The van der Waals surface area contributed by atoms with Crippen molar-refractivity contribution in [3.63, 3.8) is 0 Å². The molecule has 0 spiro atoms. The molecule has 1 fully saturated rings. The Morgan fingerprint density at radius 3 is 2.97 bits per heavy atom. The Morgan fingerprint density at radius 1 is 1.43 bits per heavy atom. The van der Waals surface area contributed by atoms with Crippen molar-refractivity contribution in [1.29, 1.82) is 0 Å². The number of halogens is 1. The van der Waals surface area contributed by atoms with Crippen molar-refractivity contribution < 1.29 is 38.8 Å². The minimum Gasteiger partial charge on any atom is -0.404 e. The van der Waals surface area contributed by atoms with E-state index in [1.165, 1.54) is 6.07 Å². The highest BCUT2D eigenvalue weighted by molar-refractivity contribution is 7.49. The van der Waals surface area contributed by atoms with Gasteiger partial charge in [-0.1, -0.05) is 18.2 Å². The van der Waals surface area contributed by atoms with Gasteiger partial charge in [-0.25, -0.2) is 13.8 Å². The van der Waals surface area contributed by atoms with Crippen LogP contribution in [0.5, 0.6) is 5.75 Å². The molecule has 1 aromatic heterocycles. The van der Waals surface area contributed by atoms with E-state index in [9.17, 15) is 24.4 Å². The summed E-state index contributed by atoms with van der Waals surface area (Å²) in [5.74, 6) is -2.61. The number of aromatic nitrogens is 2. The lowest BCUT2D eigenvalue weighted by Gasteiger charge is -2.27. The maximum Gasteiger partial charge on any atom is 0.530 e. The average Bonchev–Trinajstić information content (AvgIpc) is 2.96. The molecule has 1 saturated heterocycles. The van der Waals surface area contributed by atoms with E-state index >= 15 is 4.39 Å². The highest BCUT2D eigenvalue weighted by atomic mass is 31.2. The number of hydrogen-bond donors (Lipinski definition) is 3. The molecule has 0 aliphatic carbocycles. The molecule has 2 aliphatic rings. The first-order valence-electron chi connectivity index (χ1n) is 9.27. The first-order chi connectivity index (χ1) is 14.6. The number of benzene rings is 1. The Hall–Kier alpha value is -2.34. The van der Waals surface area contributed by atoms with Gasteiger partial charge in [0.05, 0.1) is 20.1 Å². The van der Waals surface area contributed by atoms with E-state index in [4.69, 9.17) is 19.7 Å². The Kier molecular flexibility index (Phi) is 5.05. The zero-order chi connectivity index (χ0) is 22.4. The second kappa shape index (κ2) is 7.73. The molecule has 11 nitrogen and oxygen atoms in total. The number of aliphatic hydroxyl groups is 2. The number of hydrogen-bond acceptors (Lipinski definition) is 9. The fourth-order valence-corrected chi connectivity index (χ4v) is 4.25. The van der Waals surface area contributed by atoms with E-state index < -0.39 is 56.9 Å². The predicted octanol–water partition coefficient (Wildman–Crippen LogP) is 0.708. The zero-order valence-corrected chi connectivity index (χ0v) is 16.2. The van der Waals surface area contributed by atoms with E-state index in [0.29, 0.717) is 10.1 Å². The molecule has 13 heteroatoms. The van der Waals surface area contributed by atoms with Crippen LogP contribution in [0.1, 0.15) is 25.1 Å². The SMILES string of the molecule is [2H][C@@]1(n2cc(CO)c(=O)[nH]c2=O)O[C@](F)(COP2(=O)OCc3ccccc3O2)C[C@H]1O. The number of para-hydroxylation sites is 1. The van der Waals surface area contributed by atoms with Gasteiger partial charge in [-0.15, -0.1) is 0 Å². The summed E-state index contributed by atoms with van der Waals surface area (Å²) in [6, 6.07) is 6.58. The van der Waals surface area contributed by atoms with E-state index in [0.717, 1.165) is 6.20 Å². The van der Waals surface area contributed by atoms with E-state index in [2.05, 4.69) is 0 Å². The van der Waals surface area contributed by atoms with Gasteiger partial charge in [0.1, 0.15) is 18.5 Å². The molecule has 1 aromatic carbocycles. The third-order valence-corrected chi connectivity index (χ3v) is 5.80. The molecule has 3 N–H and O–H groups in total. The maximum atomic E-state index is 15.3. The number of fused-ring (bicyclic) bond motifs is 1. The summed E-state index contributed by atoms with van der Waals surface area (Å²) in [4.78, 5) is 25.6. The molecule has 0 radical (unpaired) electrons. The monoisotopic (exact) mass is 445 g/mol. The molecule has 2 aromatic rings. The van der Waals surface area contributed by atoms with Crippen LogP contribution < -0.4 is 15.8 Å². The maximum absolute atomic E-state index is 15.3. The highest BCUT2D eigenvalue weighted by Gasteiger charge is 2.50. The number of phosphoric acid groups is 1. The van der Waals surface area contributed by atoms with Gasteiger partial charge in [0.25, 0.3) is 5.56 Å². The minimum atomic E-state index is -4.22. The average molecular weight is 445 g/mol. The van der Waals surface area contributed by atoms with Crippen LogP contribution in [0, 0.1) is 0 Å². The summed E-state index contributed by atoms with van der Waals surface area (Å²) >= 11 is 0. The van der Waals surface area contributed by atoms with Gasteiger partial charge in [-0.05, 0) is 6.07 Å². The summed E-state index contributed by atoms with van der Waals surface area (Å²) < 4.78 is 57.0. The topological polar surface area (TPSA) is 149 Å². The van der Waals surface area contributed by atoms with Gasteiger partial charge < -0.3 is 19.5 Å². The molecule has 0 amide bonds. The molecule has 3 heterocycles. The van der Waals surface area contributed by atoms with Crippen LogP contribution in [0.3, 0.4) is 0 Å². The van der Waals surface area contributed by atoms with Crippen molar-refractivity contribution in [3.05, 3.63) is 62.4 Å². The second-order valence-corrected chi connectivity index (χ2v) is 8.27. The standard InChI is InChI=1S/C17H18FN2O9P/c18-17(9-27-30(25)26-8-10-3-1-2-4-13(10)29-30)5-12(22)15(28-17)20-6-11(7-21)14(23)19-16(20)24/h1-4,6,12,15,21-22H,5,7-9H2,(H,19,23,24)/t12-,15-,17+,30?/m1/s1/i15D. The van der Waals surface area contributed by atoms with E-state index in [-0.39, 0.29) is 17.9 Å².